The maximum absolute atomic E-state index is 12.5. The Morgan fingerprint density at radius 3 is 2.33 bits per heavy atom. The highest BCUT2D eigenvalue weighted by atomic mass is 35.5. The summed E-state index contributed by atoms with van der Waals surface area (Å²) in [6, 6.07) is 3.53. The Balaban J connectivity index is 0.00000121. The predicted molar refractivity (Wildman–Crippen MR) is 47.9 cm³/mol. The molecule has 0 fully saturated rings. The Hall–Kier alpha value is -0.775. The summed E-state index contributed by atoms with van der Waals surface area (Å²) in [7, 11) is -1.60. The summed E-state index contributed by atoms with van der Waals surface area (Å²) in [5.74, 6) is -0.561. The van der Waals surface area contributed by atoms with E-state index in [9.17, 15) is 4.39 Å². The molecule has 1 rings (SSSR count). The maximum atomic E-state index is 12.5. The third kappa shape index (κ3) is 2.37. The van der Waals surface area contributed by atoms with E-state index in [-0.39, 0.29) is 23.6 Å². The minimum absolute atomic E-state index is 0. The van der Waals surface area contributed by atoms with Crippen LogP contribution in [0.25, 0.3) is 0 Å². The van der Waals surface area contributed by atoms with E-state index in [0.717, 1.165) is 6.07 Å². The summed E-state index contributed by atoms with van der Waals surface area (Å²) in [6.45, 7) is 0. The summed E-state index contributed by atoms with van der Waals surface area (Å²) in [5.41, 5.74) is 5.26. The van der Waals surface area contributed by atoms with Gasteiger partial charge in [0.05, 0.1) is 5.69 Å². The lowest BCUT2D eigenvalue weighted by molar-refractivity contribution is 0.425. The molecule has 66 valence electrons. The molecular weight excluding hydrogens is 183 g/mol. The van der Waals surface area contributed by atoms with E-state index < -0.39 is 12.9 Å². The minimum atomic E-state index is -1.60. The number of nitrogens with two attached hydrogens (primary N) is 1. The molecule has 0 heterocycles. The number of nitrogen functional groups attached to an aromatic ring is 1. The van der Waals surface area contributed by atoms with Gasteiger partial charge < -0.3 is 15.8 Å². The van der Waals surface area contributed by atoms with Crippen molar-refractivity contribution >= 4 is 30.7 Å². The smallest absolute Gasteiger partial charge is 0.423 e. The molecule has 0 aromatic heterocycles. The third-order valence-corrected chi connectivity index (χ3v) is 1.32. The van der Waals surface area contributed by atoms with Crippen LogP contribution in [0.2, 0.25) is 0 Å². The molecule has 6 heteroatoms. The van der Waals surface area contributed by atoms with E-state index in [4.69, 9.17) is 15.8 Å². The monoisotopic (exact) mass is 191 g/mol. The van der Waals surface area contributed by atoms with Gasteiger partial charge in [-0.15, -0.1) is 12.4 Å². The maximum Gasteiger partial charge on any atom is 0.488 e. The van der Waals surface area contributed by atoms with Crippen LogP contribution in [-0.2, 0) is 0 Å². The zero-order valence-electron chi connectivity index (χ0n) is 6.07. The van der Waals surface area contributed by atoms with Crippen LogP contribution in [0.1, 0.15) is 0 Å². The first-order valence-corrected chi connectivity index (χ1v) is 3.02. The van der Waals surface area contributed by atoms with Crippen molar-refractivity contribution in [2.75, 3.05) is 5.73 Å². The van der Waals surface area contributed by atoms with Gasteiger partial charge in [0.2, 0.25) is 0 Å². The van der Waals surface area contributed by atoms with Crippen molar-refractivity contribution in [1.29, 1.82) is 0 Å². The largest absolute Gasteiger partial charge is 0.488 e. The van der Waals surface area contributed by atoms with E-state index in [1.54, 1.807) is 0 Å². The first kappa shape index (κ1) is 11.2. The average Bonchev–Trinajstić information content (AvgIpc) is 1.94. The van der Waals surface area contributed by atoms with Crippen molar-refractivity contribution in [2.45, 2.75) is 0 Å². The molecule has 4 N–H and O–H groups in total. The summed E-state index contributed by atoms with van der Waals surface area (Å²) < 4.78 is 12.5. The van der Waals surface area contributed by atoms with E-state index in [2.05, 4.69) is 0 Å². The van der Waals surface area contributed by atoms with E-state index in [1.807, 2.05) is 0 Å². The molecule has 0 aliphatic carbocycles. The molecule has 0 amide bonds. The van der Waals surface area contributed by atoms with Gasteiger partial charge in [0, 0.05) is 0 Å². The molecule has 1 aromatic carbocycles. The second-order valence-electron chi connectivity index (χ2n) is 2.15. The number of anilines is 1. The molecule has 0 aliphatic rings. The Morgan fingerprint density at radius 2 is 1.92 bits per heavy atom. The molecule has 3 nitrogen and oxygen atoms in total. The van der Waals surface area contributed by atoms with Crippen LogP contribution in [-0.4, -0.2) is 17.2 Å². The van der Waals surface area contributed by atoms with E-state index >= 15 is 0 Å². The molecule has 0 saturated carbocycles. The summed E-state index contributed by atoms with van der Waals surface area (Å²) in [6.07, 6.45) is 0. The SMILES string of the molecule is Cl.Nc1cc(B(O)O)ccc1F. The first-order chi connectivity index (χ1) is 5.11. The van der Waals surface area contributed by atoms with Crippen molar-refractivity contribution in [2.24, 2.45) is 0 Å². The quantitative estimate of drug-likeness (QED) is 0.414. The van der Waals surface area contributed by atoms with Gasteiger partial charge >= 0.3 is 7.12 Å². The van der Waals surface area contributed by atoms with Gasteiger partial charge in [-0.1, -0.05) is 6.07 Å². The lowest BCUT2D eigenvalue weighted by Crippen LogP contribution is -2.30. The second-order valence-corrected chi connectivity index (χ2v) is 2.15. The molecular formula is C6H8BClFNO2. The fraction of sp³-hybridized carbons (Fsp3) is 0. The Morgan fingerprint density at radius 1 is 1.33 bits per heavy atom. The molecule has 1 aromatic rings. The third-order valence-electron chi connectivity index (χ3n) is 1.32. The standard InChI is InChI=1S/C6H7BFNO2.ClH/c8-5-2-1-4(7(10)11)3-6(5)9;/h1-3,10-11H,9H2;1H. The van der Waals surface area contributed by atoms with Crippen LogP contribution in [0, 0.1) is 5.82 Å². The fourth-order valence-electron chi connectivity index (χ4n) is 0.723. The van der Waals surface area contributed by atoms with Crippen LogP contribution in [0.4, 0.5) is 10.1 Å². The van der Waals surface area contributed by atoms with Gasteiger partial charge in [0.15, 0.2) is 0 Å². The van der Waals surface area contributed by atoms with Crippen molar-refractivity contribution in [1.82, 2.24) is 0 Å². The zero-order chi connectivity index (χ0) is 8.43. The van der Waals surface area contributed by atoms with Crippen LogP contribution < -0.4 is 11.2 Å². The summed E-state index contributed by atoms with van der Waals surface area (Å²) in [5, 5.41) is 17.2. The molecule has 0 spiro atoms. The van der Waals surface area contributed by atoms with Crippen LogP contribution in [0.5, 0.6) is 0 Å². The van der Waals surface area contributed by atoms with Gasteiger partial charge in [-0.25, -0.2) is 4.39 Å². The molecule has 0 bridgehead atoms. The normalized spacial score (nSPS) is 8.92. The number of hydrogen-bond acceptors (Lipinski definition) is 3. The highest BCUT2D eigenvalue weighted by Crippen LogP contribution is 2.05. The molecule has 0 unspecified atom stereocenters. The lowest BCUT2D eigenvalue weighted by Gasteiger charge is -2.00. The fourth-order valence-corrected chi connectivity index (χ4v) is 0.723. The van der Waals surface area contributed by atoms with Crippen molar-refractivity contribution in [3.8, 4) is 0 Å². The molecule has 0 atom stereocenters. The van der Waals surface area contributed by atoms with Gasteiger partial charge in [0.1, 0.15) is 5.82 Å². The highest BCUT2D eigenvalue weighted by Gasteiger charge is 2.11. The lowest BCUT2D eigenvalue weighted by atomic mass is 9.80. The molecule has 12 heavy (non-hydrogen) atoms. The highest BCUT2D eigenvalue weighted by molar-refractivity contribution is 6.58. The molecule has 0 aliphatic heterocycles. The van der Waals surface area contributed by atoms with E-state index in [0.29, 0.717) is 0 Å². The topological polar surface area (TPSA) is 66.5 Å². The number of halogens is 2. The first-order valence-electron chi connectivity index (χ1n) is 3.02. The summed E-state index contributed by atoms with van der Waals surface area (Å²) in [4.78, 5) is 0. The Kier molecular flexibility index (Phi) is 4.02. The van der Waals surface area contributed by atoms with Crippen molar-refractivity contribution in [3.05, 3.63) is 24.0 Å². The minimum Gasteiger partial charge on any atom is -0.423 e. The zero-order valence-corrected chi connectivity index (χ0v) is 6.88. The molecule has 0 radical (unpaired) electrons. The molecule has 0 saturated heterocycles. The number of hydrogen-bond donors (Lipinski definition) is 3. The number of benzene rings is 1. The average molecular weight is 191 g/mol. The van der Waals surface area contributed by atoms with Gasteiger partial charge in [-0.05, 0) is 17.6 Å². The summed E-state index contributed by atoms with van der Waals surface area (Å²) >= 11 is 0. The van der Waals surface area contributed by atoms with Crippen molar-refractivity contribution in [3.63, 3.8) is 0 Å². The van der Waals surface area contributed by atoms with E-state index in [1.165, 1.54) is 12.1 Å². The number of rotatable bonds is 1. The Bertz CT molecular complexity index is 272. The van der Waals surface area contributed by atoms with Crippen LogP contribution in [0.15, 0.2) is 18.2 Å². The second kappa shape index (κ2) is 4.30. The van der Waals surface area contributed by atoms with Gasteiger partial charge in [-0.3, -0.25) is 0 Å². The predicted octanol–water partition coefficient (Wildman–Crippen LogP) is -0.491. The van der Waals surface area contributed by atoms with Gasteiger partial charge in [0.25, 0.3) is 0 Å². The Labute approximate surface area is 75.6 Å². The van der Waals surface area contributed by atoms with Gasteiger partial charge in [-0.2, -0.15) is 0 Å². The van der Waals surface area contributed by atoms with Crippen LogP contribution >= 0.6 is 12.4 Å². The van der Waals surface area contributed by atoms with Crippen molar-refractivity contribution < 1.29 is 14.4 Å². The van der Waals surface area contributed by atoms with Crippen LogP contribution in [0.3, 0.4) is 0 Å².